The molecule has 0 bridgehead atoms. The number of hydrogen-bond acceptors (Lipinski definition) is 5. The summed E-state index contributed by atoms with van der Waals surface area (Å²) in [6.45, 7) is 5.16. The molecule has 2 rings (SSSR count). The number of ether oxygens (including phenoxy) is 1. The van der Waals surface area contributed by atoms with Crippen LogP contribution in [0.25, 0.3) is 10.6 Å². The zero-order chi connectivity index (χ0) is 16.7. The van der Waals surface area contributed by atoms with Gasteiger partial charge in [-0.3, -0.25) is 14.3 Å². The average molecular weight is 335 g/mol. The van der Waals surface area contributed by atoms with Gasteiger partial charge >= 0.3 is 5.97 Å². The maximum atomic E-state index is 11.7. The molecule has 0 atom stereocenters. The van der Waals surface area contributed by atoms with Crippen LogP contribution in [0.15, 0.2) is 23.6 Å². The maximum Gasteiger partial charge on any atom is 0.306 e. The maximum absolute atomic E-state index is 11.7. The number of carbonyl (C=O) groups is 2. The fourth-order valence-corrected chi connectivity index (χ4v) is 2.80. The van der Waals surface area contributed by atoms with Crippen molar-refractivity contribution in [2.45, 2.75) is 33.2 Å². The number of hydrogen-bond donors (Lipinski definition) is 1. The Bertz CT molecular complexity index is 650. The van der Waals surface area contributed by atoms with Crippen molar-refractivity contribution in [3.8, 4) is 10.6 Å². The Hall–Kier alpha value is -2.15. The molecule has 2 aromatic heterocycles. The lowest BCUT2D eigenvalue weighted by atomic mass is 10.3. The minimum absolute atomic E-state index is 0.114. The SMILES string of the molecule is CCOC(=O)CCC(=O)NCCn1nc(-c2cccs2)cc1C. The van der Waals surface area contributed by atoms with Crippen molar-refractivity contribution in [1.82, 2.24) is 15.1 Å². The number of aromatic nitrogens is 2. The number of nitrogens with zero attached hydrogens (tertiary/aromatic N) is 2. The number of carbonyl (C=O) groups excluding carboxylic acids is 2. The van der Waals surface area contributed by atoms with Gasteiger partial charge in [0.2, 0.25) is 5.91 Å². The molecule has 0 saturated heterocycles. The van der Waals surface area contributed by atoms with Crippen molar-refractivity contribution in [2.75, 3.05) is 13.2 Å². The zero-order valence-corrected chi connectivity index (χ0v) is 14.2. The monoisotopic (exact) mass is 335 g/mol. The van der Waals surface area contributed by atoms with E-state index in [0.29, 0.717) is 19.7 Å². The smallest absolute Gasteiger partial charge is 0.306 e. The molecule has 0 aliphatic carbocycles. The Labute approximate surface area is 139 Å². The number of rotatable bonds is 8. The van der Waals surface area contributed by atoms with Gasteiger partial charge in [-0.2, -0.15) is 5.10 Å². The molecule has 0 aliphatic heterocycles. The summed E-state index contributed by atoms with van der Waals surface area (Å²) < 4.78 is 6.66. The summed E-state index contributed by atoms with van der Waals surface area (Å²) >= 11 is 1.65. The summed E-state index contributed by atoms with van der Waals surface area (Å²) in [7, 11) is 0. The molecule has 2 heterocycles. The van der Waals surface area contributed by atoms with Gasteiger partial charge in [0, 0.05) is 18.7 Å². The lowest BCUT2D eigenvalue weighted by molar-refractivity contribution is -0.144. The van der Waals surface area contributed by atoms with E-state index < -0.39 is 0 Å². The number of amides is 1. The quantitative estimate of drug-likeness (QED) is 0.752. The van der Waals surface area contributed by atoms with E-state index in [9.17, 15) is 9.59 Å². The van der Waals surface area contributed by atoms with Crippen molar-refractivity contribution in [3.63, 3.8) is 0 Å². The van der Waals surface area contributed by atoms with Crippen LogP contribution in [-0.4, -0.2) is 34.8 Å². The van der Waals surface area contributed by atoms with Crippen LogP contribution in [0.4, 0.5) is 0 Å². The van der Waals surface area contributed by atoms with Crippen LogP contribution in [0, 0.1) is 6.92 Å². The van der Waals surface area contributed by atoms with Gasteiger partial charge in [-0.15, -0.1) is 11.3 Å². The van der Waals surface area contributed by atoms with Crippen LogP contribution >= 0.6 is 11.3 Å². The summed E-state index contributed by atoms with van der Waals surface area (Å²) in [5.41, 5.74) is 2.00. The molecule has 0 aliphatic rings. The van der Waals surface area contributed by atoms with Crippen LogP contribution < -0.4 is 5.32 Å². The van der Waals surface area contributed by atoms with E-state index >= 15 is 0 Å². The molecule has 2 aromatic rings. The minimum Gasteiger partial charge on any atom is -0.466 e. The highest BCUT2D eigenvalue weighted by molar-refractivity contribution is 7.13. The Morgan fingerprint density at radius 1 is 1.39 bits per heavy atom. The summed E-state index contributed by atoms with van der Waals surface area (Å²) in [5, 5.41) is 9.37. The van der Waals surface area contributed by atoms with Crippen LogP contribution in [0.3, 0.4) is 0 Å². The standard InChI is InChI=1S/C16H21N3O3S/c1-3-22-16(21)7-6-15(20)17-8-9-19-12(2)11-13(18-19)14-5-4-10-23-14/h4-5,10-11H,3,6-9H2,1-2H3,(H,17,20). The predicted molar refractivity (Wildman–Crippen MR) is 89.2 cm³/mol. The van der Waals surface area contributed by atoms with Crippen molar-refractivity contribution < 1.29 is 14.3 Å². The van der Waals surface area contributed by atoms with E-state index in [1.807, 2.05) is 35.2 Å². The molecule has 0 unspecified atom stereocenters. The lowest BCUT2D eigenvalue weighted by Crippen LogP contribution is -2.28. The second-order valence-electron chi connectivity index (χ2n) is 5.03. The molecule has 0 spiro atoms. The van der Waals surface area contributed by atoms with Crippen molar-refractivity contribution in [2.24, 2.45) is 0 Å². The molecule has 7 heteroatoms. The van der Waals surface area contributed by atoms with Crippen molar-refractivity contribution >= 4 is 23.2 Å². The van der Waals surface area contributed by atoms with Crippen LogP contribution in [0.1, 0.15) is 25.5 Å². The molecule has 0 aromatic carbocycles. The molecule has 6 nitrogen and oxygen atoms in total. The number of aryl methyl sites for hydroxylation is 1. The van der Waals surface area contributed by atoms with E-state index in [1.165, 1.54) is 0 Å². The van der Waals surface area contributed by atoms with E-state index in [1.54, 1.807) is 18.3 Å². The van der Waals surface area contributed by atoms with Crippen LogP contribution in [0.5, 0.6) is 0 Å². The molecule has 0 radical (unpaired) electrons. The highest BCUT2D eigenvalue weighted by Crippen LogP contribution is 2.23. The first-order valence-corrected chi connectivity index (χ1v) is 8.48. The number of esters is 1. The topological polar surface area (TPSA) is 73.2 Å². The van der Waals surface area contributed by atoms with E-state index in [2.05, 4.69) is 10.4 Å². The first kappa shape index (κ1) is 17.2. The van der Waals surface area contributed by atoms with Gasteiger partial charge in [0.15, 0.2) is 0 Å². The second kappa shape index (κ2) is 8.47. The predicted octanol–water partition coefficient (Wildman–Crippen LogP) is 2.38. The van der Waals surface area contributed by atoms with E-state index in [-0.39, 0.29) is 24.7 Å². The molecule has 0 saturated carbocycles. The molecule has 1 N–H and O–H groups in total. The molecule has 0 fully saturated rings. The van der Waals surface area contributed by atoms with Crippen LogP contribution in [-0.2, 0) is 20.9 Å². The molecular formula is C16H21N3O3S. The lowest BCUT2D eigenvalue weighted by Gasteiger charge is -2.07. The fourth-order valence-electron chi connectivity index (χ4n) is 2.12. The fraction of sp³-hybridized carbons (Fsp3) is 0.438. The van der Waals surface area contributed by atoms with Crippen LogP contribution in [0.2, 0.25) is 0 Å². The van der Waals surface area contributed by atoms with E-state index in [0.717, 1.165) is 16.3 Å². The number of nitrogens with one attached hydrogen (secondary N) is 1. The van der Waals surface area contributed by atoms with Crippen molar-refractivity contribution in [1.29, 1.82) is 0 Å². The molecule has 23 heavy (non-hydrogen) atoms. The highest BCUT2D eigenvalue weighted by atomic mass is 32.1. The van der Waals surface area contributed by atoms with Gasteiger partial charge in [-0.05, 0) is 31.4 Å². The third-order valence-electron chi connectivity index (χ3n) is 3.26. The molecular weight excluding hydrogens is 314 g/mol. The van der Waals surface area contributed by atoms with Gasteiger partial charge in [-0.25, -0.2) is 0 Å². The first-order valence-electron chi connectivity index (χ1n) is 7.60. The van der Waals surface area contributed by atoms with Gasteiger partial charge in [0.05, 0.1) is 24.4 Å². The summed E-state index contributed by atoms with van der Waals surface area (Å²) in [6, 6.07) is 6.07. The Morgan fingerprint density at radius 2 is 2.22 bits per heavy atom. The van der Waals surface area contributed by atoms with Gasteiger partial charge < -0.3 is 10.1 Å². The van der Waals surface area contributed by atoms with E-state index in [4.69, 9.17) is 4.74 Å². The third-order valence-corrected chi connectivity index (χ3v) is 4.15. The molecule has 124 valence electrons. The molecule has 1 amide bonds. The minimum atomic E-state index is -0.342. The first-order chi connectivity index (χ1) is 11.1. The normalized spacial score (nSPS) is 10.5. The van der Waals surface area contributed by atoms with Gasteiger partial charge in [0.1, 0.15) is 5.69 Å². The third kappa shape index (κ3) is 5.21. The summed E-state index contributed by atoms with van der Waals surface area (Å²) in [5.74, 6) is -0.493. The number of thiophene rings is 1. The Balaban J connectivity index is 1.76. The Morgan fingerprint density at radius 3 is 2.91 bits per heavy atom. The summed E-state index contributed by atoms with van der Waals surface area (Å²) in [6.07, 6.45) is 0.264. The van der Waals surface area contributed by atoms with Gasteiger partial charge in [0.25, 0.3) is 0 Å². The Kier molecular flexibility index (Phi) is 6.34. The highest BCUT2D eigenvalue weighted by Gasteiger charge is 2.09. The van der Waals surface area contributed by atoms with Gasteiger partial charge in [-0.1, -0.05) is 6.07 Å². The van der Waals surface area contributed by atoms with Crippen molar-refractivity contribution in [3.05, 3.63) is 29.3 Å². The average Bonchev–Trinajstić information content (AvgIpc) is 3.16. The largest absolute Gasteiger partial charge is 0.466 e. The summed E-state index contributed by atoms with van der Waals surface area (Å²) in [4.78, 5) is 24.0. The second-order valence-corrected chi connectivity index (χ2v) is 5.97. The zero-order valence-electron chi connectivity index (χ0n) is 13.4.